The van der Waals surface area contributed by atoms with Crippen LogP contribution in [-0.4, -0.2) is 0 Å². The van der Waals surface area contributed by atoms with Crippen molar-refractivity contribution in [1.82, 2.24) is 0 Å². The van der Waals surface area contributed by atoms with E-state index in [9.17, 15) is 0 Å². The van der Waals surface area contributed by atoms with E-state index >= 15 is 0 Å². The SMILES string of the molecule is C.C.C.C.C=C(C)CCCCCCCCCC.CC.CCCC.CCCCCCCCCC. The fourth-order valence-electron chi connectivity index (χ4n) is 2.77. The minimum atomic E-state index is 0. The molecule has 0 saturated carbocycles. The van der Waals surface area contributed by atoms with Gasteiger partial charge in [-0.15, -0.1) is 6.58 Å². The lowest BCUT2D eigenvalue weighted by atomic mass is 10.1. The third-order valence-corrected chi connectivity index (χ3v) is 4.91. The molecular weight excluding hydrogens is 396 g/mol. The number of hydrogen-bond acceptors (Lipinski definition) is 0. The molecule has 0 aliphatic rings. The lowest BCUT2D eigenvalue weighted by Gasteiger charge is -2.01. The molecule has 0 radical (unpaired) electrons. The van der Waals surface area contributed by atoms with Crippen LogP contribution < -0.4 is 0 Å². The minimum Gasteiger partial charge on any atom is -0.100 e. The first kappa shape index (κ1) is 53.9. The second-order valence-corrected chi connectivity index (χ2v) is 8.30. The van der Waals surface area contributed by atoms with E-state index in [4.69, 9.17) is 0 Å². The van der Waals surface area contributed by atoms with E-state index in [2.05, 4.69) is 48.1 Å². The van der Waals surface area contributed by atoms with Gasteiger partial charge in [0.25, 0.3) is 0 Å². The summed E-state index contributed by atoms with van der Waals surface area (Å²) >= 11 is 0. The van der Waals surface area contributed by atoms with Crippen molar-refractivity contribution in [2.24, 2.45) is 0 Å². The summed E-state index contributed by atoms with van der Waals surface area (Å²) in [6.45, 7) is 21.2. The van der Waals surface area contributed by atoms with Gasteiger partial charge in [-0.25, -0.2) is 0 Å². The van der Waals surface area contributed by atoms with E-state index in [1.54, 1.807) is 0 Å². The van der Waals surface area contributed by atoms with Gasteiger partial charge in [0.05, 0.1) is 0 Å². The van der Waals surface area contributed by atoms with E-state index in [1.807, 2.05) is 13.8 Å². The van der Waals surface area contributed by atoms with Crippen LogP contribution in [0.2, 0.25) is 0 Å². The van der Waals surface area contributed by atoms with Crippen LogP contribution >= 0.6 is 0 Å². The summed E-state index contributed by atoms with van der Waals surface area (Å²) in [6, 6.07) is 0. The van der Waals surface area contributed by atoms with Crippen LogP contribution in [0.4, 0.5) is 0 Å². The summed E-state index contributed by atoms with van der Waals surface area (Å²) in [6.07, 6.45) is 26.6. The average Bonchev–Trinajstić information content (AvgIpc) is 2.74. The normalized spacial score (nSPS) is 8.24. The Morgan fingerprint density at radius 2 is 0.606 bits per heavy atom. The molecular formula is C33H80. The summed E-state index contributed by atoms with van der Waals surface area (Å²) in [5, 5.41) is 0. The Labute approximate surface area is 219 Å². The van der Waals surface area contributed by atoms with Crippen LogP contribution in [0.5, 0.6) is 0 Å². The van der Waals surface area contributed by atoms with Crippen molar-refractivity contribution in [3.63, 3.8) is 0 Å². The van der Waals surface area contributed by atoms with E-state index in [0.717, 1.165) is 0 Å². The zero-order valence-electron chi connectivity index (χ0n) is 22.6. The molecule has 0 nitrogen and oxygen atoms in total. The largest absolute Gasteiger partial charge is 0.100 e. The second kappa shape index (κ2) is 63.5. The Bertz CT molecular complexity index is 218. The molecule has 0 aromatic heterocycles. The Balaban J connectivity index is -0.0000000470. The first-order valence-electron chi connectivity index (χ1n) is 13.7. The molecule has 0 atom stereocenters. The van der Waals surface area contributed by atoms with Crippen molar-refractivity contribution in [2.75, 3.05) is 0 Å². The van der Waals surface area contributed by atoms with Crippen LogP contribution in [0.15, 0.2) is 12.2 Å². The van der Waals surface area contributed by atoms with Gasteiger partial charge < -0.3 is 0 Å². The summed E-state index contributed by atoms with van der Waals surface area (Å²) in [4.78, 5) is 0. The molecule has 0 N–H and O–H groups in total. The fourth-order valence-corrected chi connectivity index (χ4v) is 2.77. The summed E-state index contributed by atoms with van der Waals surface area (Å²) in [5.41, 5.74) is 1.34. The number of unbranched alkanes of at least 4 members (excludes halogenated alkanes) is 15. The predicted octanol–water partition coefficient (Wildman–Crippen LogP) is 14.6. The Morgan fingerprint density at radius 3 is 0.788 bits per heavy atom. The van der Waals surface area contributed by atoms with E-state index in [1.165, 1.54) is 128 Å². The van der Waals surface area contributed by atoms with E-state index < -0.39 is 0 Å². The van der Waals surface area contributed by atoms with E-state index in [-0.39, 0.29) is 29.7 Å². The predicted molar refractivity (Wildman–Crippen MR) is 169 cm³/mol. The Kier molecular flexibility index (Phi) is 104. The van der Waals surface area contributed by atoms with Crippen molar-refractivity contribution >= 4 is 0 Å². The molecule has 0 amide bonds. The third kappa shape index (κ3) is 89.2. The molecule has 0 spiro atoms. The molecule has 0 heteroatoms. The molecule has 0 rings (SSSR count). The lowest BCUT2D eigenvalue weighted by molar-refractivity contribution is 0.575. The highest BCUT2D eigenvalue weighted by molar-refractivity contribution is 4.86. The Morgan fingerprint density at radius 1 is 0.394 bits per heavy atom. The summed E-state index contributed by atoms with van der Waals surface area (Å²) in [5.74, 6) is 0. The van der Waals surface area contributed by atoms with Crippen LogP contribution in [0.3, 0.4) is 0 Å². The van der Waals surface area contributed by atoms with Crippen LogP contribution in [0.25, 0.3) is 0 Å². The van der Waals surface area contributed by atoms with Gasteiger partial charge in [-0.2, -0.15) is 0 Å². The molecule has 0 aliphatic heterocycles. The zero-order chi connectivity index (χ0) is 23.0. The minimum absolute atomic E-state index is 0. The molecule has 33 heavy (non-hydrogen) atoms. The molecule has 0 aromatic carbocycles. The topological polar surface area (TPSA) is 0 Å². The van der Waals surface area contributed by atoms with Crippen LogP contribution in [0, 0.1) is 0 Å². The van der Waals surface area contributed by atoms with Crippen molar-refractivity contribution in [2.45, 2.75) is 207 Å². The highest BCUT2D eigenvalue weighted by Crippen LogP contribution is 2.11. The van der Waals surface area contributed by atoms with E-state index in [0.29, 0.717) is 0 Å². The molecule has 0 heterocycles. The summed E-state index contributed by atoms with van der Waals surface area (Å²) in [7, 11) is 0. The molecule has 0 aromatic rings. The van der Waals surface area contributed by atoms with Crippen molar-refractivity contribution < 1.29 is 0 Å². The molecule has 0 unspecified atom stereocenters. The first-order valence-corrected chi connectivity index (χ1v) is 13.7. The maximum atomic E-state index is 3.91. The van der Waals surface area contributed by atoms with Crippen molar-refractivity contribution in [1.29, 1.82) is 0 Å². The monoisotopic (exact) mass is 477 g/mol. The standard InChI is InChI=1S/C13H26.C10H22.C4H10.C2H6.4CH4/c1-4-5-6-7-8-9-10-11-12-13(2)3;1-3-5-7-9-10-8-6-4-2;1-3-4-2;1-2;;;;/h2,4-12H2,1,3H3;3-10H2,1-2H3;3-4H2,1-2H3;1-2H3;4*1H4. The van der Waals surface area contributed by atoms with Gasteiger partial charge in [-0.05, 0) is 19.8 Å². The maximum absolute atomic E-state index is 3.91. The smallest absolute Gasteiger partial charge is 0.0326 e. The highest BCUT2D eigenvalue weighted by Gasteiger charge is 1.91. The number of rotatable bonds is 17. The fraction of sp³-hybridized carbons (Fsp3) is 0.939. The maximum Gasteiger partial charge on any atom is -0.0326 e. The lowest BCUT2D eigenvalue weighted by Crippen LogP contribution is -1.81. The summed E-state index contributed by atoms with van der Waals surface area (Å²) < 4.78 is 0. The molecule has 0 aliphatic carbocycles. The number of hydrogen-bond donors (Lipinski definition) is 0. The molecule has 0 fully saturated rings. The van der Waals surface area contributed by atoms with Gasteiger partial charge in [-0.3, -0.25) is 0 Å². The third-order valence-electron chi connectivity index (χ3n) is 4.91. The molecule has 0 saturated heterocycles. The van der Waals surface area contributed by atoms with Gasteiger partial charge in [0.2, 0.25) is 0 Å². The van der Waals surface area contributed by atoms with Gasteiger partial charge in [0.1, 0.15) is 0 Å². The Hall–Kier alpha value is -0.260. The molecule has 212 valence electrons. The van der Waals surface area contributed by atoms with Gasteiger partial charge in [0.15, 0.2) is 0 Å². The van der Waals surface area contributed by atoms with Crippen molar-refractivity contribution in [3.05, 3.63) is 12.2 Å². The average molecular weight is 477 g/mol. The molecule has 0 bridgehead atoms. The first-order chi connectivity index (χ1) is 14.1. The second-order valence-electron chi connectivity index (χ2n) is 8.30. The van der Waals surface area contributed by atoms with Crippen LogP contribution in [-0.2, 0) is 0 Å². The quantitative estimate of drug-likeness (QED) is 0.144. The number of allylic oxidation sites excluding steroid dienone is 1. The van der Waals surface area contributed by atoms with Gasteiger partial charge >= 0.3 is 0 Å². The van der Waals surface area contributed by atoms with Gasteiger partial charge in [-0.1, -0.05) is 193 Å². The highest BCUT2D eigenvalue weighted by atomic mass is 14.0. The van der Waals surface area contributed by atoms with Gasteiger partial charge in [0, 0.05) is 0 Å². The van der Waals surface area contributed by atoms with Crippen molar-refractivity contribution in [3.8, 4) is 0 Å². The zero-order valence-corrected chi connectivity index (χ0v) is 22.6. The van der Waals surface area contributed by atoms with Crippen LogP contribution in [0.1, 0.15) is 207 Å².